The normalized spacial score (nSPS) is 14.8. The third-order valence-corrected chi connectivity index (χ3v) is 9.09. The zero-order valence-electron chi connectivity index (χ0n) is 24.6. The van der Waals surface area contributed by atoms with Gasteiger partial charge in [0.2, 0.25) is 10.0 Å². The van der Waals surface area contributed by atoms with E-state index in [1.807, 2.05) is 36.4 Å². The molecule has 3 aromatic carbocycles. The first-order valence-corrected chi connectivity index (χ1v) is 15.0. The number of hydrogen-bond donors (Lipinski definition) is 0. The summed E-state index contributed by atoms with van der Waals surface area (Å²) in [6.45, 7) is 1.52. The Hall–Kier alpha value is -5.31. The van der Waals surface area contributed by atoms with Crippen LogP contribution in [0.5, 0.6) is 5.75 Å². The molecule has 11 heteroatoms. The van der Waals surface area contributed by atoms with E-state index >= 15 is 0 Å². The van der Waals surface area contributed by atoms with Gasteiger partial charge < -0.3 is 4.74 Å². The monoisotopic (exact) mass is 607 g/mol. The minimum atomic E-state index is -3.73. The Kier molecular flexibility index (Phi) is 8.31. The van der Waals surface area contributed by atoms with E-state index in [0.29, 0.717) is 28.1 Å². The lowest BCUT2D eigenvalue weighted by atomic mass is 9.93. The molecule has 0 fully saturated rings. The number of amides is 2. The first-order chi connectivity index (χ1) is 21.0. The number of hydrogen-bond acceptors (Lipinski definition) is 7. The van der Waals surface area contributed by atoms with Gasteiger partial charge in [-0.05, 0) is 60.5 Å². The minimum absolute atomic E-state index is 0.0436. The largest absolute Gasteiger partial charge is 0.497 e. The molecule has 0 N–H and O–H groups in total. The number of benzene rings is 3. The Morgan fingerprint density at radius 2 is 1.68 bits per heavy atom. The molecule has 0 unspecified atom stereocenters. The topological polar surface area (TPSA) is 126 Å². The van der Waals surface area contributed by atoms with Crippen LogP contribution in [0.3, 0.4) is 0 Å². The second kappa shape index (κ2) is 12.1. The molecule has 5 rings (SSSR count). The Bertz CT molecular complexity index is 1970. The Morgan fingerprint density at radius 1 is 0.977 bits per heavy atom. The molecule has 44 heavy (non-hydrogen) atoms. The van der Waals surface area contributed by atoms with Gasteiger partial charge >= 0.3 is 0 Å². The van der Waals surface area contributed by atoms with Crippen LogP contribution < -0.4 is 4.74 Å². The van der Waals surface area contributed by atoms with Crippen molar-refractivity contribution in [2.45, 2.75) is 18.4 Å². The highest BCUT2D eigenvalue weighted by molar-refractivity contribution is 7.89. The van der Waals surface area contributed by atoms with Crippen molar-refractivity contribution in [3.8, 4) is 28.8 Å². The minimum Gasteiger partial charge on any atom is -0.497 e. The van der Waals surface area contributed by atoms with Crippen LogP contribution in [-0.2, 0) is 26.2 Å². The molecular formula is C33H29N5O5S. The van der Waals surface area contributed by atoms with Gasteiger partial charge in [0, 0.05) is 37.0 Å². The molecular weight excluding hydrogens is 578 g/mol. The molecule has 0 bridgehead atoms. The summed E-state index contributed by atoms with van der Waals surface area (Å²) in [5, 5.41) is 14.7. The molecule has 2 amide bonds. The number of imide groups is 1. The van der Waals surface area contributed by atoms with Crippen LogP contribution in [0.4, 0.5) is 0 Å². The fourth-order valence-corrected chi connectivity index (χ4v) is 5.74. The molecule has 1 aliphatic heterocycles. The summed E-state index contributed by atoms with van der Waals surface area (Å²) >= 11 is 0. The van der Waals surface area contributed by atoms with Crippen molar-refractivity contribution in [1.29, 1.82) is 5.26 Å². The highest BCUT2D eigenvalue weighted by atomic mass is 32.2. The molecule has 0 saturated carbocycles. The fourth-order valence-electron chi connectivity index (χ4n) is 4.79. The van der Waals surface area contributed by atoms with E-state index in [0.717, 1.165) is 14.9 Å². The number of para-hydroxylation sites is 1. The van der Waals surface area contributed by atoms with E-state index in [1.54, 1.807) is 67.4 Å². The van der Waals surface area contributed by atoms with Crippen LogP contribution in [0.15, 0.2) is 107 Å². The van der Waals surface area contributed by atoms with E-state index in [1.165, 1.54) is 26.2 Å². The summed E-state index contributed by atoms with van der Waals surface area (Å²) in [5.74, 6) is -0.612. The lowest BCUT2D eigenvalue weighted by Gasteiger charge is -2.27. The van der Waals surface area contributed by atoms with Gasteiger partial charge in [0.25, 0.3) is 11.8 Å². The van der Waals surface area contributed by atoms with Crippen molar-refractivity contribution in [2.75, 3.05) is 21.2 Å². The standard InChI is InChI=1S/C33H29N5O5S/c1-22-29(32(39)37(33(40)30(22)19-34)20-23-13-15-27(43-4)16-14-23)18-25-21-38(26-10-6-5-7-11-26)35-31(25)24-9-8-12-28(17-24)44(41,42)36(2)3/h5-18,21H,20H2,1-4H3/b29-18+. The first kappa shape index (κ1) is 30.2. The van der Waals surface area contributed by atoms with E-state index < -0.39 is 21.8 Å². The number of ether oxygens (including phenoxy) is 1. The second-order valence-electron chi connectivity index (χ2n) is 10.2. The summed E-state index contributed by atoms with van der Waals surface area (Å²) < 4.78 is 33.8. The molecule has 0 aliphatic carbocycles. The van der Waals surface area contributed by atoms with Crippen molar-refractivity contribution >= 4 is 27.9 Å². The molecule has 0 radical (unpaired) electrons. The fraction of sp³-hybridized carbons (Fsp3) is 0.152. The molecule has 222 valence electrons. The smallest absolute Gasteiger partial charge is 0.271 e. The predicted octanol–water partition coefficient (Wildman–Crippen LogP) is 4.59. The summed E-state index contributed by atoms with van der Waals surface area (Å²) in [4.78, 5) is 28.3. The van der Waals surface area contributed by atoms with Crippen molar-refractivity contribution in [3.05, 3.63) is 113 Å². The predicted molar refractivity (Wildman–Crippen MR) is 165 cm³/mol. The van der Waals surface area contributed by atoms with Crippen LogP contribution in [0, 0.1) is 11.3 Å². The number of sulfonamides is 1. The molecule has 1 aromatic heterocycles. The average molecular weight is 608 g/mol. The van der Waals surface area contributed by atoms with Crippen molar-refractivity contribution in [2.24, 2.45) is 0 Å². The maximum Gasteiger partial charge on any atom is 0.271 e. The van der Waals surface area contributed by atoms with E-state index in [-0.39, 0.29) is 28.2 Å². The van der Waals surface area contributed by atoms with Crippen LogP contribution in [-0.4, -0.2) is 60.4 Å². The SMILES string of the molecule is COc1ccc(CN2C(=O)C(C#N)=C(C)/C(=C\c3cn(-c4ccccc4)nc3-c3cccc(S(=O)(=O)N(C)C)c3)C2=O)cc1. The first-order valence-electron chi connectivity index (χ1n) is 13.6. The van der Waals surface area contributed by atoms with Crippen molar-refractivity contribution in [1.82, 2.24) is 19.0 Å². The van der Waals surface area contributed by atoms with Gasteiger partial charge in [0.1, 0.15) is 23.1 Å². The average Bonchev–Trinajstić information content (AvgIpc) is 3.46. The van der Waals surface area contributed by atoms with Crippen LogP contribution >= 0.6 is 0 Å². The van der Waals surface area contributed by atoms with Gasteiger partial charge in [-0.2, -0.15) is 10.4 Å². The Morgan fingerprint density at radius 3 is 2.32 bits per heavy atom. The number of nitrogens with zero attached hydrogens (tertiary/aromatic N) is 5. The van der Waals surface area contributed by atoms with Gasteiger partial charge in [0.15, 0.2) is 0 Å². The van der Waals surface area contributed by atoms with Gasteiger partial charge in [0.05, 0.1) is 24.2 Å². The number of rotatable bonds is 8. The van der Waals surface area contributed by atoms with Gasteiger partial charge in [-0.15, -0.1) is 0 Å². The summed E-state index contributed by atoms with van der Waals surface area (Å²) in [6, 6.07) is 24.6. The van der Waals surface area contributed by atoms with E-state index in [9.17, 15) is 23.3 Å². The molecule has 1 aliphatic rings. The van der Waals surface area contributed by atoms with E-state index in [2.05, 4.69) is 0 Å². The number of nitriles is 1. The summed E-state index contributed by atoms with van der Waals surface area (Å²) in [7, 11) is 0.721. The Balaban J connectivity index is 1.66. The van der Waals surface area contributed by atoms with Gasteiger partial charge in [-0.3, -0.25) is 14.5 Å². The molecule has 0 spiro atoms. The maximum atomic E-state index is 13.9. The highest BCUT2D eigenvalue weighted by Gasteiger charge is 2.36. The van der Waals surface area contributed by atoms with Crippen LogP contribution in [0.2, 0.25) is 0 Å². The molecule has 0 saturated heterocycles. The summed E-state index contributed by atoms with van der Waals surface area (Å²) in [6.07, 6.45) is 3.32. The number of aromatic nitrogens is 2. The third-order valence-electron chi connectivity index (χ3n) is 7.27. The van der Waals surface area contributed by atoms with Crippen molar-refractivity contribution < 1.29 is 22.7 Å². The summed E-state index contributed by atoms with van der Waals surface area (Å²) in [5.41, 5.74) is 3.09. The zero-order chi connectivity index (χ0) is 31.6. The molecule has 10 nitrogen and oxygen atoms in total. The number of methoxy groups -OCH3 is 1. The lowest BCUT2D eigenvalue weighted by molar-refractivity contribution is -0.141. The van der Waals surface area contributed by atoms with Crippen LogP contribution in [0.1, 0.15) is 18.1 Å². The Labute approximate surface area is 255 Å². The number of carbonyl (C=O) groups excluding carboxylic acids is 2. The quantitative estimate of drug-likeness (QED) is 0.212. The van der Waals surface area contributed by atoms with Crippen molar-refractivity contribution in [3.63, 3.8) is 0 Å². The third kappa shape index (κ3) is 5.68. The molecule has 0 atom stereocenters. The number of carbonyl (C=O) groups is 2. The van der Waals surface area contributed by atoms with Crippen LogP contribution in [0.25, 0.3) is 23.0 Å². The maximum absolute atomic E-state index is 13.9. The highest BCUT2D eigenvalue weighted by Crippen LogP contribution is 2.33. The van der Waals surface area contributed by atoms with Gasteiger partial charge in [-0.1, -0.05) is 42.5 Å². The molecule has 2 heterocycles. The lowest BCUT2D eigenvalue weighted by Crippen LogP contribution is -2.42. The second-order valence-corrected chi connectivity index (χ2v) is 12.4. The molecule has 4 aromatic rings. The van der Waals surface area contributed by atoms with Gasteiger partial charge in [-0.25, -0.2) is 17.4 Å². The van der Waals surface area contributed by atoms with E-state index in [4.69, 9.17) is 9.84 Å². The zero-order valence-corrected chi connectivity index (χ0v) is 25.4.